The van der Waals surface area contributed by atoms with Crippen LogP contribution in [0.1, 0.15) is 13.8 Å². The molecule has 0 aliphatic heterocycles. The van der Waals surface area contributed by atoms with Gasteiger partial charge in [-0.15, -0.1) is 0 Å². The topological polar surface area (TPSA) is 99.6 Å². The molecule has 0 heterocycles. The molecule has 0 unspecified atom stereocenters. The molecule has 0 spiro atoms. The van der Waals surface area contributed by atoms with Gasteiger partial charge in [0, 0.05) is 18.3 Å². The lowest BCUT2D eigenvalue weighted by Gasteiger charge is -2.14. The number of anilines is 2. The lowest BCUT2D eigenvalue weighted by atomic mass is 10.2. The summed E-state index contributed by atoms with van der Waals surface area (Å²) < 4.78 is 10.6. The van der Waals surface area contributed by atoms with E-state index in [1.807, 2.05) is 26.0 Å². The number of rotatable bonds is 8. The van der Waals surface area contributed by atoms with Crippen LogP contribution in [0.15, 0.2) is 18.2 Å². The monoisotopic (exact) mass is 267 g/mol. The Kier molecular flexibility index (Phi) is 5.95. The van der Waals surface area contributed by atoms with Crippen LogP contribution < -0.4 is 21.5 Å². The molecule has 0 saturated carbocycles. The van der Waals surface area contributed by atoms with Crippen molar-refractivity contribution in [1.29, 1.82) is 0 Å². The van der Waals surface area contributed by atoms with Crippen molar-refractivity contribution in [3.05, 3.63) is 18.2 Å². The Morgan fingerprint density at radius 2 is 2.16 bits per heavy atom. The highest BCUT2D eigenvalue weighted by Crippen LogP contribution is 2.26. The number of nitrogens with two attached hydrogens (primary N) is 2. The minimum atomic E-state index is -0.472. The van der Waals surface area contributed by atoms with Crippen molar-refractivity contribution in [2.45, 2.75) is 20.0 Å². The molecular weight excluding hydrogens is 246 g/mol. The second kappa shape index (κ2) is 7.48. The van der Waals surface area contributed by atoms with Gasteiger partial charge in [-0.25, -0.2) is 0 Å². The molecule has 0 atom stereocenters. The first-order valence-corrected chi connectivity index (χ1v) is 6.15. The summed E-state index contributed by atoms with van der Waals surface area (Å²) in [7, 11) is 0. The summed E-state index contributed by atoms with van der Waals surface area (Å²) in [4.78, 5) is 10.5. The maximum atomic E-state index is 10.5. The van der Waals surface area contributed by atoms with Crippen LogP contribution in [0.2, 0.25) is 0 Å². The highest BCUT2D eigenvalue weighted by Gasteiger charge is 2.04. The second-order valence-corrected chi connectivity index (χ2v) is 4.36. The zero-order valence-corrected chi connectivity index (χ0v) is 11.3. The third-order valence-corrected chi connectivity index (χ3v) is 2.20. The molecule has 19 heavy (non-hydrogen) atoms. The number of hydrogen-bond donors (Lipinski definition) is 3. The predicted molar refractivity (Wildman–Crippen MR) is 75.1 cm³/mol. The molecule has 0 aliphatic rings. The Morgan fingerprint density at radius 3 is 2.79 bits per heavy atom. The van der Waals surface area contributed by atoms with E-state index in [0.29, 0.717) is 24.6 Å². The summed E-state index contributed by atoms with van der Waals surface area (Å²) in [6.07, 6.45) is 0.0662. The Balaban J connectivity index is 2.43. The minimum absolute atomic E-state index is 0.0644. The van der Waals surface area contributed by atoms with E-state index in [1.54, 1.807) is 6.07 Å². The minimum Gasteiger partial charge on any atom is -0.489 e. The van der Waals surface area contributed by atoms with Crippen molar-refractivity contribution in [2.24, 2.45) is 5.73 Å². The number of benzene rings is 1. The van der Waals surface area contributed by atoms with Crippen LogP contribution in [-0.2, 0) is 9.53 Å². The first-order chi connectivity index (χ1) is 8.99. The van der Waals surface area contributed by atoms with E-state index in [1.165, 1.54) is 0 Å². The zero-order valence-electron chi connectivity index (χ0n) is 11.3. The predicted octanol–water partition coefficient (Wildman–Crippen LogP) is 0.970. The number of hydrogen-bond acceptors (Lipinski definition) is 5. The largest absolute Gasteiger partial charge is 0.489 e. The van der Waals surface area contributed by atoms with E-state index in [0.717, 1.165) is 5.69 Å². The van der Waals surface area contributed by atoms with E-state index in [-0.39, 0.29) is 12.7 Å². The van der Waals surface area contributed by atoms with Gasteiger partial charge in [0.15, 0.2) is 0 Å². The summed E-state index contributed by atoms with van der Waals surface area (Å²) in [6, 6.07) is 5.48. The summed E-state index contributed by atoms with van der Waals surface area (Å²) in [6.45, 7) is 4.78. The Labute approximate surface area is 113 Å². The van der Waals surface area contributed by atoms with Gasteiger partial charge >= 0.3 is 0 Å². The lowest BCUT2D eigenvalue weighted by Crippen LogP contribution is -2.20. The number of carbonyl (C=O) groups is 1. The van der Waals surface area contributed by atoms with Gasteiger partial charge in [0.2, 0.25) is 5.91 Å². The van der Waals surface area contributed by atoms with Crippen LogP contribution in [0.4, 0.5) is 11.4 Å². The molecule has 1 rings (SSSR count). The van der Waals surface area contributed by atoms with Gasteiger partial charge in [-0.2, -0.15) is 0 Å². The van der Waals surface area contributed by atoms with Crippen LogP contribution in [0, 0.1) is 0 Å². The quantitative estimate of drug-likeness (QED) is 0.481. The molecule has 0 saturated heterocycles. The molecule has 0 fully saturated rings. The molecule has 6 heteroatoms. The van der Waals surface area contributed by atoms with Gasteiger partial charge in [-0.05, 0) is 26.0 Å². The molecule has 0 aliphatic carbocycles. The van der Waals surface area contributed by atoms with E-state index >= 15 is 0 Å². The van der Waals surface area contributed by atoms with Gasteiger partial charge < -0.3 is 26.3 Å². The number of carbonyl (C=O) groups excluding carboxylic acids is 1. The fourth-order valence-corrected chi connectivity index (χ4v) is 1.44. The van der Waals surface area contributed by atoms with Gasteiger partial charge in [0.25, 0.3) is 0 Å². The highest BCUT2D eigenvalue weighted by atomic mass is 16.5. The second-order valence-electron chi connectivity index (χ2n) is 4.36. The highest BCUT2D eigenvalue weighted by molar-refractivity contribution is 5.74. The van der Waals surface area contributed by atoms with Crippen molar-refractivity contribution in [3.8, 4) is 5.75 Å². The van der Waals surface area contributed by atoms with Crippen molar-refractivity contribution in [3.63, 3.8) is 0 Å². The number of amides is 1. The number of ether oxygens (including phenoxy) is 2. The third kappa shape index (κ3) is 5.96. The van der Waals surface area contributed by atoms with Crippen molar-refractivity contribution >= 4 is 17.3 Å². The molecular formula is C13H21N3O3. The molecule has 1 amide bonds. The third-order valence-electron chi connectivity index (χ3n) is 2.20. The summed E-state index contributed by atoms with van der Waals surface area (Å²) in [5.74, 6) is 0.179. The average molecular weight is 267 g/mol. The van der Waals surface area contributed by atoms with Crippen LogP contribution in [0.25, 0.3) is 0 Å². The molecule has 1 aromatic carbocycles. The summed E-state index contributed by atoms with van der Waals surface area (Å²) in [5.41, 5.74) is 12.3. The van der Waals surface area contributed by atoms with Crippen molar-refractivity contribution in [1.82, 2.24) is 0 Å². The van der Waals surface area contributed by atoms with Crippen LogP contribution in [-0.4, -0.2) is 31.8 Å². The summed E-state index contributed by atoms with van der Waals surface area (Å²) in [5, 5.41) is 3.15. The van der Waals surface area contributed by atoms with Crippen molar-refractivity contribution in [2.75, 3.05) is 30.8 Å². The normalized spacial score (nSPS) is 10.5. The van der Waals surface area contributed by atoms with Gasteiger partial charge in [-0.1, -0.05) is 0 Å². The molecule has 6 nitrogen and oxygen atoms in total. The lowest BCUT2D eigenvalue weighted by molar-refractivity contribution is -0.122. The van der Waals surface area contributed by atoms with Crippen LogP contribution >= 0.6 is 0 Å². The SMILES string of the molecule is CC(C)Oc1cc(NCCOCC(N)=O)ccc1N. The molecule has 0 aromatic heterocycles. The fraction of sp³-hybridized carbons (Fsp3) is 0.462. The molecule has 1 aromatic rings. The number of primary amides is 1. The first kappa shape index (κ1) is 15.1. The smallest absolute Gasteiger partial charge is 0.243 e. The summed E-state index contributed by atoms with van der Waals surface area (Å²) >= 11 is 0. The maximum absolute atomic E-state index is 10.5. The molecule has 0 radical (unpaired) electrons. The Hall–Kier alpha value is -1.95. The maximum Gasteiger partial charge on any atom is 0.243 e. The van der Waals surface area contributed by atoms with E-state index in [9.17, 15) is 4.79 Å². The number of nitrogens with one attached hydrogen (secondary N) is 1. The molecule has 0 bridgehead atoms. The van der Waals surface area contributed by atoms with Crippen molar-refractivity contribution < 1.29 is 14.3 Å². The van der Waals surface area contributed by atoms with Crippen LogP contribution in [0.3, 0.4) is 0 Å². The Morgan fingerprint density at radius 1 is 1.42 bits per heavy atom. The molecule has 106 valence electrons. The van der Waals surface area contributed by atoms with E-state index in [4.69, 9.17) is 20.9 Å². The van der Waals surface area contributed by atoms with Crippen LogP contribution in [0.5, 0.6) is 5.75 Å². The standard InChI is InChI=1S/C13H21N3O3/c1-9(2)19-12-7-10(3-4-11(12)14)16-5-6-18-8-13(15)17/h3-4,7,9,16H,5-6,8,14H2,1-2H3,(H2,15,17). The van der Waals surface area contributed by atoms with Gasteiger partial charge in [-0.3, -0.25) is 4.79 Å². The average Bonchev–Trinajstić information content (AvgIpc) is 2.31. The van der Waals surface area contributed by atoms with E-state index in [2.05, 4.69) is 5.32 Å². The Bertz CT molecular complexity index is 422. The van der Waals surface area contributed by atoms with Gasteiger partial charge in [0.05, 0.1) is 18.4 Å². The first-order valence-electron chi connectivity index (χ1n) is 6.15. The molecule has 5 N–H and O–H groups in total. The fourth-order valence-electron chi connectivity index (χ4n) is 1.44. The van der Waals surface area contributed by atoms with Gasteiger partial charge in [0.1, 0.15) is 12.4 Å². The van der Waals surface area contributed by atoms with E-state index < -0.39 is 5.91 Å². The number of nitrogen functional groups attached to an aromatic ring is 1. The zero-order chi connectivity index (χ0) is 14.3.